The van der Waals surface area contributed by atoms with Crippen LogP contribution in [0.1, 0.15) is 12.8 Å². The maximum absolute atomic E-state index is 10.8. The van der Waals surface area contributed by atoms with Crippen LogP contribution in [0.25, 0.3) is 11.5 Å². The molecule has 0 radical (unpaired) electrons. The van der Waals surface area contributed by atoms with Crippen molar-refractivity contribution in [3.05, 3.63) is 24.1 Å². The smallest absolute Gasteiger partial charge is 0.308 e. The average molecular weight is 233 g/mol. The molecule has 0 amide bonds. The van der Waals surface area contributed by atoms with Crippen LogP contribution in [0.2, 0.25) is 0 Å². The van der Waals surface area contributed by atoms with Gasteiger partial charge in [-0.25, -0.2) is 0 Å². The number of carbonyl (C=O) groups is 1. The second-order valence-electron chi connectivity index (χ2n) is 3.47. The highest BCUT2D eigenvalue weighted by molar-refractivity contribution is 5.74. The van der Waals surface area contributed by atoms with E-state index in [1.807, 2.05) is 0 Å². The zero-order valence-corrected chi connectivity index (χ0v) is 9.43. The highest BCUT2D eigenvalue weighted by Gasteiger charge is 2.09. The van der Waals surface area contributed by atoms with E-state index in [0.29, 0.717) is 28.8 Å². The van der Waals surface area contributed by atoms with Crippen molar-refractivity contribution in [2.24, 2.45) is 0 Å². The minimum atomic E-state index is -0.418. The lowest BCUT2D eigenvalue weighted by molar-refractivity contribution is -0.131. The van der Waals surface area contributed by atoms with Crippen LogP contribution in [0.15, 0.2) is 22.6 Å². The number of rotatable bonds is 2. The third kappa shape index (κ3) is 2.41. The molecule has 0 saturated carbocycles. The number of nitrogens with two attached hydrogens (primary N) is 1. The Bertz CT molecular complexity index is 563. The molecule has 6 nitrogen and oxygen atoms in total. The van der Waals surface area contributed by atoms with Crippen molar-refractivity contribution in [3.63, 3.8) is 0 Å². The van der Waals surface area contributed by atoms with Crippen molar-refractivity contribution in [1.29, 1.82) is 0 Å². The number of hydrogen-bond acceptors (Lipinski definition) is 6. The molecule has 17 heavy (non-hydrogen) atoms. The van der Waals surface area contributed by atoms with Crippen LogP contribution < -0.4 is 10.5 Å². The Balaban J connectivity index is 2.33. The second kappa shape index (κ2) is 4.25. The molecule has 2 aromatic rings. The highest BCUT2D eigenvalue weighted by atomic mass is 16.5. The van der Waals surface area contributed by atoms with Gasteiger partial charge in [-0.2, -0.15) is 0 Å². The van der Waals surface area contributed by atoms with Crippen LogP contribution in [0.3, 0.4) is 0 Å². The number of aryl methyl sites for hydroxylation is 1. The van der Waals surface area contributed by atoms with E-state index in [2.05, 4.69) is 10.2 Å². The van der Waals surface area contributed by atoms with Gasteiger partial charge in [-0.3, -0.25) is 4.79 Å². The SMILES string of the molecule is CC(=O)Oc1ccc(-c2nnc(C)o2)cc1N. The van der Waals surface area contributed by atoms with Crippen LogP contribution in [0.5, 0.6) is 5.75 Å². The third-order valence-corrected chi connectivity index (χ3v) is 2.04. The zero-order valence-electron chi connectivity index (χ0n) is 9.43. The van der Waals surface area contributed by atoms with E-state index in [1.54, 1.807) is 25.1 Å². The quantitative estimate of drug-likeness (QED) is 0.480. The first kappa shape index (κ1) is 11.1. The third-order valence-electron chi connectivity index (χ3n) is 2.04. The minimum Gasteiger partial charge on any atom is -0.425 e. The fourth-order valence-corrected chi connectivity index (χ4v) is 1.34. The van der Waals surface area contributed by atoms with Gasteiger partial charge in [0.1, 0.15) is 0 Å². The lowest BCUT2D eigenvalue weighted by atomic mass is 10.2. The van der Waals surface area contributed by atoms with E-state index >= 15 is 0 Å². The maximum atomic E-state index is 10.8. The fourth-order valence-electron chi connectivity index (χ4n) is 1.34. The number of nitrogen functional groups attached to an aromatic ring is 1. The van der Waals surface area contributed by atoms with E-state index in [-0.39, 0.29) is 0 Å². The number of benzene rings is 1. The molecule has 1 heterocycles. The van der Waals surface area contributed by atoms with Gasteiger partial charge < -0.3 is 14.9 Å². The summed E-state index contributed by atoms with van der Waals surface area (Å²) in [4.78, 5) is 10.8. The summed E-state index contributed by atoms with van der Waals surface area (Å²) in [5, 5.41) is 7.59. The Hall–Kier alpha value is -2.37. The number of esters is 1. The fraction of sp³-hybridized carbons (Fsp3) is 0.182. The van der Waals surface area contributed by atoms with Gasteiger partial charge in [-0.1, -0.05) is 0 Å². The molecule has 0 fully saturated rings. The highest BCUT2D eigenvalue weighted by Crippen LogP contribution is 2.27. The molecule has 0 aliphatic heterocycles. The Morgan fingerprint density at radius 2 is 2.18 bits per heavy atom. The lowest BCUT2D eigenvalue weighted by Gasteiger charge is -2.05. The Labute approximate surface area is 97.4 Å². The van der Waals surface area contributed by atoms with Gasteiger partial charge in [-0.05, 0) is 18.2 Å². The largest absolute Gasteiger partial charge is 0.425 e. The van der Waals surface area contributed by atoms with E-state index in [0.717, 1.165) is 0 Å². The molecule has 0 aliphatic rings. The molecule has 0 bridgehead atoms. The Kier molecular flexibility index (Phi) is 2.78. The molecule has 0 unspecified atom stereocenters. The normalized spacial score (nSPS) is 10.2. The van der Waals surface area contributed by atoms with Gasteiger partial charge >= 0.3 is 5.97 Å². The van der Waals surface area contributed by atoms with Crippen molar-refractivity contribution in [2.75, 3.05) is 5.73 Å². The van der Waals surface area contributed by atoms with Crippen LogP contribution in [-0.2, 0) is 4.79 Å². The summed E-state index contributed by atoms with van der Waals surface area (Å²) in [6, 6.07) is 4.90. The lowest BCUT2D eigenvalue weighted by Crippen LogP contribution is -2.03. The number of nitrogens with zero attached hydrogens (tertiary/aromatic N) is 2. The monoisotopic (exact) mass is 233 g/mol. The van der Waals surface area contributed by atoms with Crippen molar-refractivity contribution in [1.82, 2.24) is 10.2 Å². The van der Waals surface area contributed by atoms with Crippen LogP contribution in [-0.4, -0.2) is 16.2 Å². The second-order valence-corrected chi connectivity index (χ2v) is 3.47. The minimum absolute atomic E-state index is 0.317. The number of carbonyl (C=O) groups excluding carboxylic acids is 1. The van der Waals surface area contributed by atoms with Gasteiger partial charge in [0, 0.05) is 19.4 Å². The maximum Gasteiger partial charge on any atom is 0.308 e. The Morgan fingerprint density at radius 3 is 2.71 bits per heavy atom. The van der Waals surface area contributed by atoms with E-state index in [9.17, 15) is 4.79 Å². The van der Waals surface area contributed by atoms with Crippen LogP contribution in [0.4, 0.5) is 5.69 Å². The Morgan fingerprint density at radius 1 is 1.41 bits per heavy atom. The molecular formula is C11H11N3O3. The predicted molar refractivity (Wildman–Crippen MR) is 60.2 cm³/mol. The molecule has 0 atom stereocenters. The summed E-state index contributed by atoms with van der Waals surface area (Å²) < 4.78 is 10.2. The van der Waals surface area contributed by atoms with Gasteiger partial charge in [0.05, 0.1) is 5.69 Å². The topological polar surface area (TPSA) is 91.2 Å². The van der Waals surface area contributed by atoms with E-state index in [4.69, 9.17) is 14.9 Å². The van der Waals surface area contributed by atoms with Gasteiger partial charge in [0.15, 0.2) is 5.75 Å². The van der Waals surface area contributed by atoms with E-state index < -0.39 is 5.97 Å². The molecule has 2 rings (SSSR count). The molecule has 0 spiro atoms. The van der Waals surface area contributed by atoms with Crippen molar-refractivity contribution in [2.45, 2.75) is 13.8 Å². The molecule has 6 heteroatoms. The molecule has 0 saturated heterocycles. The van der Waals surface area contributed by atoms with Gasteiger partial charge in [-0.15, -0.1) is 10.2 Å². The summed E-state index contributed by atoms with van der Waals surface area (Å²) in [5.41, 5.74) is 6.77. The van der Waals surface area contributed by atoms with Crippen molar-refractivity contribution in [3.8, 4) is 17.2 Å². The summed E-state index contributed by atoms with van der Waals surface area (Å²) >= 11 is 0. The number of ether oxygens (including phenoxy) is 1. The summed E-state index contributed by atoms with van der Waals surface area (Å²) in [7, 11) is 0. The summed E-state index contributed by atoms with van der Waals surface area (Å²) in [6.07, 6.45) is 0. The molecular weight excluding hydrogens is 222 g/mol. The van der Waals surface area contributed by atoms with Gasteiger partial charge in [0.25, 0.3) is 0 Å². The first-order chi connectivity index (χ1) is 8.06. The predicted octanol–water partition coefficient (Wildman–Crippen LogP) is 1.55. The standard InChI is InChI=1S/C11H11N3O3/c1-6-13-14-11(16-6)8-3-4-10(9(12)5-8)17-7(2)15/h3-5H,12H2,1-2H3. The first-order valence-corrected chi connectivity index (χ1v) is 4.94. The zero-order chi connectivity index (χ0) is 12.4. The van der Waals surface area contributed by atoms with Crippen LogP contribution >= 0.6 is 0 Å². The molecule has 1 aromatic heterocycles. The number of anilines is 1. The molecule has 0 aliphatic carbocycles. The molecule has 2 N–H and O–H groups in total. The first-order valence-electron chi connectivity index (χ1n) is 4.94. The number of aromatic nitrogens is 2. The molecule has 88 valence electrons. The van der Waals surface area contributed by atoms with E-state index in [1.165, 1.54) is 6.92 Å². The summed E-state index contributed by atoms with van der Waals surface area (Å²) in [6.45, 7) is 3.02. The average Bonchev–Trinajstić information content (AvgIpc) is 2.67. The van der Waals surface area contributed by atoms with Crippen molar-refractivity contribution >= 4 is 11.7 Å². The number of hydrogen-bond donors (Lipinski definition) is 1. The van der Waals surface area contributed by atoms with Crippen LogP contribution in [0, 0.1) is 6.92 Å². The molecule has 1 aromatic carbocycles. The van der Waals surface area contributed by atoms with Crippen molar-refractivity contribution < 1.29 is 13.9 Å². The summed E-state index contributed by atoms with van der Waals surface area (Å²) in [5.74, 6) is 0.752. The van der Waals surface area contributed by atoms with Gasteiger partial charge in [0.2, 0.25) is 11.8 Å².